The molecule has 0 aliphatic carbocycles. The maximum absolute atomic E-state index is 12.5. The van der Waals surface area contributed by atoms with Crippen LogP contribution in [0.3, 0.4) is 0 Å². The van der Waals surface area contributed by atoms with Gasteiger partial charge in [0.15, 0.2) is 6.61 Å². The Morgan fingerprint density at radius 1 is 1.17 bits per heavy atom. The minimum atomic E-state index is -0.215. The van der Waals surface area contributed by atoms with Crippen LogP contribution in [0.15, 0.2) is 36.4 Å². The van der Waals surface area contributed by atoms with Crippen molar-refractivity contribution < 1.29 is 14.3 Å². The van der Waals surface area contributed by atoms with Gasteiger partial charge in [-0.15, -0.1) is 0 Å². The molecule has 0 spiro atoms. The second-order valence-corrected chi connectivity index (χ2v) is 5.70. The molecule has 2 aromatic rings. The van der Waals surface area contributed by atoms with Crippen molar-refractivity contribution in [2.75, 3.05) is 23.9 Å². The van der Waals surface area contributed by atoms with E-state index in [0.29, 0.717) is 17.0 Å². The molecule has 3 rings (SSSR count). The number of carbonyl (C=O) groups excluding carboxylic acids is 2. The van der Waals surface area contributed by atoms with Crippen molar-refractivity contribution in [1.82, 2.24) is 0 Å². The Morgan fingerprint density at radius 2 is 1.96 bits per heavy atom. The van der Waals surface area contributed by atoms with Crippen LogP contribution in [0.4, 0.5) is 11.4 Å². The number of amides is 2. The monoisotopic (exact) mass is 310 g/mol. The van der Waals surface area contributed by atoms with Crippen LogP contribution in [0.5, 0.6) is 5.75 Å². The molecule has 0 bridgehead atoms. The Kier molecular flexibility index (Phi) is 3.78. The number of anilines is 2. The number of hydrogen-bond donors (Lipinski definition) is 1. The number of benzene rings is 2. The summed E-state index contributed by atoms with van der Waals surface area (Å²) in [6.07, 6.45) is 0. The van der Waals surface area contributed by atoms with Crippen LogP contribution in [-0.2, 0) is 4.79 Å². The highest BCUT2D eigenvalue weighted by Crippen LogP contribution is 2.32. The molecule has 1 N–H and O–H groups in total. The first-order chi connectivity index (χ1) is 11.0. The van der Waals surface area contributed by atoms with Gasteiger partial charge in [0.05, 0.1) is 5.69 Å². The molecule has 5 nitrogen and oxygen atoms in total. The van der Waals surface area contributed by atoms with Gasteiger partial charge in [0.2, 0.25) is 0 Å². The summed E-state index contributed by atoms with van der Waals surface area (Å²) in [6, 6.07) is 11.0. The lowest BCUT2D eigenvalue weighted by molar-refractivity contribution is -0.120. The fourth-order valence-electron chi connectivity index (χ4n) is 2.48. The predicted octanol–water partition coefficient (Wildman–Crippen LogP) is 2.91. The first-order valence-electron chi connectivity index (χ1n) is 7.38. The summed E-state index contributed by atoms with van der Waals surface area (Å²) in [5, 5.41) is 2.92. The zero-order valence-electron chi connectivity index (χ0n) is 13.3. The fraction of sp³-hybridized carbons (Fsp3) is 0.222. The lowest BCUT2D eigenvalue weighted by Gasteiger charge is -2.26. The van der Waals surface area contributed by atoms with Gasteiger partial charge in [-0.3, -0.25) is 9.59 Å². The largest absolute Gasteiger partial charge is 0.482 e. The van der Waals surface area contributed by atoms with Crippen LogP contribution in [0.25, 0.3) is 0 Å². The quantitative estimate of drug-likeness (QED) is 0.928. The van der Waals surface area contributed by atoms with Crippen LogP contribution < -0.4 is 15.0 Å². The van der Waals surface area contributed by atoms with Crippen molar-refractivity contribution in [3.8, 4) is 5.75 Å². The zero-order chi connectivity index (χ0) is 16.6. The minimum Gasteiger partial charge on any atom is -0.482 e. The number of hydrogen-bond acceptors (Lipinski definition) is 3. The molecule has 0 fully saturated rings. The highest BCUT2D eigenvalue weighted by Gasteiger charge is 2.23. The van der Waals surface area contributed by atoms with E-state index in [0.717, 1.165) is 16.8 Å². The number of rotatable bonds is 2. The molecule has 0 aromatic heterocycles. The van der Waals surface area contributed by atoms with E-state index >= 15 is 0 Å². The van der Waals surface area contributed by atoms with E-state index < -0.39 is 0 Å². The SMILES string of the molecule is Cc1ccc(C)c(NC(=O)c2ccc3c(c2)N(C)C(=O)CO3)c1. The molecule has 0 saturated carbocycles. The average Bonchev–Trinajstić information content (AvgIpc) is 2.54. The van der Waals surface area contributed by atoms with Crippen molar-refractivity contribution in [3.63, 3.8) is 0 Å². The van der Waals surface area contributed by atoms with Crippen LogP contribution in [0.1, 0.15) is 21.5 Å². The zero-order valence-corrected chi connectivity index (χ0v) is 13.3. The van der Waals surface area contributed by atoms with Crippen LogP contribution in [-0.4, -0.2) is 25.5 Å². The van der Waals surface area contributed by atoms with Gasteiger partial charge in [0.1, 0.15) is 5.75 Å². The van der Waals surface area contributed by atoms with E-state index in [-0.39, 0.29) is 18.4 Å². The molecule has 1 aliphatic heterocycles. The molecule has 0 unspecified atom stereocenters. The summed E-state index contributed by atoms with van der Waals surface area (Å²) in [7, 11) is 1.68. The lowest BCUT2D eigenvalue weighted by Crippen LogP contribution is -2.35. The molecule has 23 heavy (non-hydrogen) atoms. The van der Waals surface area contributed by atoms with Crippen molar-refractivity contribution in [2.45, 2.75) is 13.8 Å². The summed E-state index contributed by atoms with van der Waals surface area (Å²) in [6.45, 7) is 3.95. The Balaban J connectivity index is 1.89. The number of nitrogens with zero attached hydrogens (tertiary/aromatic N) is 1. The highest BCUT2D eigenvalue weighted by molar-refractivity contribution is 6.06. The van der Waals surface area contributed by atoms with Crippen LogP contribution in [0.2, 0.25) is 0 Å². The van der Waals surface area contributed by atoms with Gasteiger partial charge in [-0.1, -0.05) is 12.1 Å². The summed E-state index contributed by atoms with van der Waals surface area (Å²) in [5.74, 6) is 0.257. The number of fused-ring (bicyclic) bond motifs is 1. The molecule has 118 valence electrons. The fourth-order valence-corrected chi connectivity index (χ4v) is 2.48. The van der Waals surface area contributed by atoms with Crippen LogP contribution in [0, 0.1) is 13.8 Å². The summed E-state index contributed by atoms with van der Waals surface area (Å²) in [4.78, 5) is 25.7. The molecule has 2 aromatic carbocycles. The molecular weight excluding hydrogens is 292 g/mol. The van der Waals surface area contributed by atoms with Crippen molar-refractivity contribution in [3.05, 3.63) is 53.1 Å². The molecular formula is C18H18N2O3. The molecule has 5 heteroatoms. The van der Waals surface area contributed by atoms with E-state index in [9.17, 15) is 9.59 Å². The third-order valence-corrected chi connectivity index (χ3v) is 3.95. The van der Waals surface area contributed by atoms with Gasteiger partial charge in [0.25, 0.3) is 11.8 Å². The standard InChI is InChI=1S/C18H18N2O3/c1-11-4-5-12(2)14(8-11)19-18(22)13-6-7-16-15(9-13)20(3)17(21)10-23-16/h4-9H,10H2,1-3H3,(H,19,22). The van der Waals surface area contributed by atoms with E-state index in [1.807, 2.05) is 32.0 Å². The second kappa shape index (κ2) is 5.76. The second-order valence-electron chi connectivity index (χ2n) is 5.70. The van der Waals surface area contributed by atoms with E-state index in [1.54, 1.807) is 25.2 Å². The molecule has 1 heterocycles. The lowest BCUT2D eigenvalue weighted by atomic mass is 10.1. The predicted molar refractivity (Wildman–Crippen MR) is 89.2 cm³/mol. The molecule has 2 amide bonds. The Morgan fingerprint density at radius 3 is 2.74 bits per heavy atom. The third kappa shape index (κ3) is 2.90. The van der Waals surface area contributed by atoms with Gasteiger partial charge < -0.3 is 15.0 Å². The first kappa shape index (κ1) is 15.1. The molecule has 0 radical (unpaired) electrons. The summed E-state index contributed by atoms with van der Waals surface area (Å²) in [5.41, 5.74) is 3.95. The van der Waals surface area contributed by atoms with Gasteiger partial charge >= 0.3 is 0 Å². The Labute approximate surface area is 134 Å². The normalized spacial score (nSPS) is 13.3. The van der Waals surface area contributed by atoms with Gasteiger partial charge in [-0.25, -0.2) is 0 Å². The van der Waals surface area contributed by atoms with Crippen LogP contribution >= 0.6 is 0 Å². The minimum absolute atomic E-state index is 0.0253. The van der Waals surface area contributed by atoms with Gasteiger partial charge in [-0.05, 0) is 49.2 Å². The number of carbonyl (C=O) groups is 2. The Bertz CT molecular complexity index is 799. The smallest absolute Gasteiger partial charge is 0.264 e. The highest BCUT2D eigenvalue weighted by atomic mass is 16.5. The number of ether oxygens (including phenoxy) is 1. The number of aryl methyl sites for hydroxylation is 2. The maximum Gasteiger partial charge on any atom is 0.264 e. The molecule has 1 aliphatic rings. The average molecular weight is 310 g/mol. The first-order valence-corrected chi connectivity index (χ1v) is 7.38. The third-order valence-electron chi connectivity index (χ3n) is 3.95. The number of likely N-dealkylation sites (N-methyl/N-ethyl adjacent to an activating group) is 1. The van der Waals surface area contributed by atoms with Gasteiger partial charge in [-0.2, -0.15) is 0 Å². The van der Waals surface area contributed by atoms with E-state index in [1.165, 1.54) is 4.90 Å². The molecule has 0 saturated heterocycles. The van der Waals surface area contributed by atoms with Crippen molar-refractivity contribution in [2.24, 2.45) is 0 Å². The van der Waals surface area contributed by atoms with E-state index in [2.05, 4.69) is 5.32 Å². The Hall–Kier alpha value is -2.82. The maximum atomic E-state index is 12.5. The number of nitrogens with one attached hydrogen (secondary N) is 1. The van der Waals surface area contributed by atoms with Crippen molar-refractivity contribution >= 4 is 23.2 Å². The van der Waals surface area contributed by atoms with Gasteiger partial charge in [0, 0.05) is 18.3 Å². The summed E-state index contributed by atoms with van der Waals surface area (Å²) < 4.78 is 5.37. The summed E-state index contributed by atoms with van der Waals surface area (Å²) >= 11 is 0. The van der Waals surface area contributed by atoms with E-state index in [4.69, 9.17) is 4.74 Å². The van der Waals surface area contributed by atoms with Crippen molar-refractivity contribution in [1.29, 1.82) is 0 Å². The topological polar surface area (TPSA) is 58.6 Å². The molecule has 0 atom stereocenters.